The van der Waals surface area contributed by atoms with Gasteiger partial charge in [-0.15, -0.1) is 0 Å². The molecule has 0 saturated carbocycles. The summed E-state index contributed by atoms with van der Waals surface area (Å²) in [6.07, 6.45) is -5.67. The number of hydrogen-bond acceptors (Lipinski definition) is 1. The minimum absolute atomic E-state index is 0.0615. The van der Waals surface area contributed by atoms with Crippen LogP contribution >= 0.6 is 0 Å². The largest absolute Gasteiger partial charge is 0.389 e. The highest BCUT2D eigenvalue weighted by Gasteiger charge is 2.26. The predicted molar refractivity (Wildman–Crippen MR) is 53.2 cm³/mol. The van der Waals surface area contributed by atoms with Crippen molar-refractivity contribution in [1.82, 2.24) is 0 Å². The summed E-state index contributed by atoms with van der Waals surface area (Å²) in [6, 6.07) is 0.421. The third-order valence-electron chi connectivity index (χ3n) is 2.41. The zero-order valence-electron chi connectivity index (χ0n) is 9.20. The van der Waals surface area contributed by atoms with E-state index in [1.54, 1.807) is 0 Å². The second kappa shape index (κ2) is 5.60. The average molecular weight is 271 g/mol. The summed E-state index contributed by atoms with van der Waals surface area (Å²) in [4.78, 5) is 0. The molecule has 0 fully saturated rings. The quantitative estimate of drug-likeness (QED) is 0.653. The summed E-state index contributed by atoms with van der Waals surface area (Å²) in [7, 11) is 0. The van der Waals surface area contributed by atoms with Crippen molar-refractivity contribution >= 4 is 0 Å². The van der Waals surface area contributed by atoms with Crippen LogP contribution in [0.2, 0.25) is 0 Å². The number of rotatable bonds is 4. The standard InChI is InChI=1S/C11H11F6N/c12-7-4-6(5-8(13)10(7)14)9(18)2-1-3-11(15,16)17/h4-5,9H,1-3,18H2. The summed E-state index contributed by atoms with van der Waals surface area (Å²) >= 11 is 0. The zero-order valence-corrected chi connectivity index (χ0v) is 9.20. The van der Waals surface area contributed by atoms with Crippen molar-refractivity contribution in [2.24, 2.45) is 5.73 Å². The molecule has 1 nitrogen and oxygen atoms in total. The van der Waals surface area contributed by atoms with E-state index in [1.165, 1.54) is 0 Å². The molecule has 0 amide bonds. The Balaban J connectivity index is 2.65. The van der Waals surface area contributed by atoms with Crippen molar-refractivity contribution in [3.05, 3.63) is 35.1 Å². The first-order chi connectivity index (χ1) is 8.20. The fraction of sp³-hybridized carbons (Fsp3) is 0.455. The molecule has 0 aliphatic rings. The Kier molecular flexibility index (Phi) is 4.61. The van der Waals surface area contributed by atoms with Gasteiger partial charge in [0.1, 0.15) is 0 Å². The van der Waals surface area contributed by atoms with Crippen LogP contribution in [0.4, 0.5) is 26.3 Å². The Labute approximate surface area is 99.6 Å². The highest BCUT2D eigenvalue weighted by atomic mass is 19.4. The molecule has 0 aromatic heterocycles. The SMILES string of the molecule is NC(CCCC(F)(F)F)c1cc(F)c(F)c(F)c1. The topological polar surface area (TPSA) is 26.0 Å². The summed E-state index contributed by atoms with van der Waals surface area (Å²) in [5, 5.41) is 0. The van der Waals surface area contributed by atoms with E-state index in [9.17, 15) is 26.3 Å². The number of halogens is 6. The fourth-order valence-electron chi connectivity index (χ4n) is 1.48. The highest BCUT2D eigenvalue weighted by Crippen LogP contribution is 2.26. The molecule has 0 bridgehead atoms. The van der Waals surface area contributed by atoms with Crippen LogP contribution in [0.3, 0.4) is 0 Å². The molecular weight excluding hydrogens is 260 g/mol. The van der Waals surface area contributed by atoms with E-state index in [-0.39, 0.29) is 18.4 Å². The molecular formula is C11H11F6N. The van der Waals surface area contributed by atoms with Crippen LogP contribution in [0.25, 0.3) is 0 Å². The maximum absolute atomic E-state index is 12.9. The number of alkyl halides is 3. The number of nitrogens with two attached hydrogens (primary N) is 1. The van der Waals surface area contributed by atoms with Crippen molar-refractivity contribution in [3.63, 3.8) is 0 Å². The monoisotopic (exact) mass is 271 g/mol. The summed E-state index contributed by atoms with van der Waals surface area (Å²) in [5.41, 5.74) is 5.43. The smallest absolute Gasteiger partial charge is 0.324 e. The molecule has 1 rings (SSSR count). The highest BCUT2D eigenvalue weighted by molar-refractivity contribution is 5.22. The van der Waals surface area contributed by atoms with Gasteiger partial charge in [0.05, 0.1) is 0 Å². The second-order valence-corrected chi connectivity index (χ2v) is 3.91. The molecule has 1 aromatic rings. The lowest BCUT2D eigenvalue weighted by Crippen LogP contribution is -2.14. The average Bonchev–Trinajstić information content (AvgIpc) is 2.23. The minimum Gasteiger partial charge on any atom is -0.324 e. The van der Waals surface area contributed by atoms with Crippen LogP contribution in [0, 0.1) is 17.5 Å². The van der Waals surface area contributed by atoms with Crippen LogP contribution in [0.5, 0.6) is 0 Å². The van der Waals surface area contributed by atoms with Crippen molar-refractivity contribution in [1.29, 1.82) is 0 Å². The minimum atomic E-state index is -4.29. The number of benzene rings is 1. The molecule has 0 aliphatic carbocycles. The fourth-order valence-corrected chi connectivity index (χ4v) is 1.48. The molecule has 18 heavy (non-hydrogen) atoms. The Morgan fingerprint density at radius 3 is 2.00 bits per heavy atom. The third-order valence-corrected chi connectivity index (χ3v) is 2.41. The van der Waals surface area contributed by atoms with Gasteiger partial charge in [0.25, 0.3) is 0 Å². The van der Waals surface area contributed by atoms with E-state index < -0.39 is 36.1 Å². The van der Waals surface area contributed by atoms with Gasteiger partial charge in [0.2, 0.25) is 0 Å². The van der Waals surface area contributed by atoms with Crippen LogP contribution in [0.1, 0.15) is 30.9 Å². The molecule has 2 N–H and O–H groups in total. The van der Waals surface area contributed by atoms with E-state index in [4.69, 9.17) is 5.73 Å². The Morgan fingerprint density at radius 2 is 1.56 bits per heavy atom. The van der Waals surface area contributed by atoms with Crippen molar-refractivity contribution in [3.8, 4) is 0 Å². The van der Waals surface area contributed by atoms with E-state index in [0.29, 0.717) is 12.1 Å². The molecule has 1 unspecified atom stereocenters. The van der Waals surface area contributed by atoms with Crippen molar-refractivity contribution in [2.45, 2.75) is 31.5 Å². The molecule has 102 valence electrons. The Hall–Kier alpha value is -1.24. The maximum Gasteiger partial charge on any atom is 0.389 e. The van der Waals surface area contributed by atoms with Gasteiger partial charge in [-0.25, -0.2) is 13.2 Å². The van der Waals surface area contributed by atoms with Gasteiger partial charge in [0.15, 0.2) is 17.5 Å². The van der Waals surface area contributed by atoms with Crippen LogP contribution in [-0.4, -0.2) is 6.18 Å². The van der Waals surface area contributed by atoms with E-state index in [2.05, 4.69) is 0 Å². The molecule has 0 heterocycles. The summed E-state index contributed by atoms with van der Waals surface area (Å²) < 4.78 is 74.0. The van der Waals surface area contributed by atoms with Gasteiger partial charge < -0.3 is 5.73 Å². The van der Waals surface area contributed by atoms with Gasteiger partial charge in [-0.2, -0.15) is 13.2 Å². The molecule has 0 aliphatic heterocycles. The van der Waals surface area contributed by atoms with Gasteiger partial charge in [-0.1, -0.05) is 0 Å². The van der Waals surface area contributed by atoms with E-state index >= 15 is 0 Å². The lowest BCUT2D eigenvalue weighted by molar-refractivity contribution is -0.135. The lowest BCUT2D eigenvalue weighted by Gasteiger charge is -2.13. The summed E-state index contributed by atoms with van der Waals surface area (Å²) in [5.74, 6) is -4.44. The first kappa shape index (κ1) is 14.8. The molecule has 0 radical (unpaired) electrons. The van der Waals surface area contributed by atoms with Crippen LogP contribution in [-0.2, 0) is 0 Å². The van der Waals surface area contributed by atoms with Gasteiger partial charge >= 0.3 is 6.18 Å². The first-order valence-electron chi connectivity index (χ1n) is 5.17. The normalized spacial score (nSPS) is 13.7. The molecule has 0 saturated heterocycles. The molecule has 1 aromatic carbocycles. The van der Waals surface area contributed by atoms with Gasteiger partial charge in [-0.05, 0) is 30.5 Å². The second-order valence-electron chi connectivity index (χ2n) is 3.91. The van der Waals surface area contributed by atoms with E-state index in [0.717, 1.165) is 0 Å². The van der Waals surface area contributed by atoms with Crippen molar-refractivity contribution < 1.29 is 26.3 Å². The van der Waals surface area contributed by atoms with Crippen molar-refractivity contribution in [2.75, 3.05) is 0 Å². The summed E-state index contributed by atoms with van der Waals surface area (Å²) in [6.45, 7) is 0. The van der Waals surface area contributed by atoms with Gasteiger partial charge in [0, 0.05) is 12.5 Å². The molecule has 7 heteroatoms. The lowest BCUT2D eigenvalue weighted by atomic mass is 10.0. The molecule has 1 atom stereocenters. The van der Waals surface area contributed by atoms with E-state index in [1.807, 2.05) is 0 Å². The number of hydrogen-bond donors (Lipinski definition) is 1. The van der Waals surface area contributed by atoms with Crippen LogP contribution < -0.4 is 5.73 Å². The Morgan fingerprint density at radius 1 is 1.06 bits per heavy atom. The third kappa shape index (κ3) is 4.21. The maximum atomic E-state index is 12.9. The van der Waals surface area contributed by atoms with Gasteiger partial charge in [-0.3, -0.25) is 0 Å². The molecule has 0 spiro atoms. The zero-order chi connectivity index (χ0) is 13.9. The first-order valence-corrected chi connectivity index (χ1v) is 5.17. The Bertz CT molecular complexity index is 391. The predicted octanol–water partition coefficient (Wildman–Crippen LogP) is 3.84. The van der Waals surface area contributed by atoms with Crippen LogP contribution in [0.15, 0.2) is 12.1 Å².